The van der Waals surface area contributed by atoms with E-state index in [1.807, 2.05) is 30.3 Å². The van der Waals surface area contributed by atoms with Crippen molar-refractivity contribution >= 4 is 45.2 Å². The van der Waals surface area contributed by atoms with Crippen LogP contribution in [0.3, 0.4) is 0 Å². The summed E-state index contributed by atoms with van der Waals surface area (Å²) < 4.78 is 5.10. The van der Waals surface area contributed by atoms with Crippen LogP contribution in [0.1, 0.15) is 36.0 Å². The highest BCUT2D eigenvalue weighted by Gasteiger charge is 2.17. The lowest BCUT2D eigenvalue weighted by Crippen LogP contribution is -2.18. The summed E-state index contributed by atoms with van der Waals surface area (Å²) in [6.45, 7) is 3.52. The Bertz CT molecular complexity index is 1350. The fourth-order valence-corrected chi connectivity index (χ4v) is 3.64. The van der Waals surface area contributed by atoms with Crippen molar-refractivity contribution in [3.8, 4) is 0 Å². The maximum absolute atomic E-state index is 12.0. The Morgan fingerprint density at radius 3 is 2.48 bits per heavy atom. The Morgan fingerprint density at radius 2 is 1.73 bits per heavy atom. The first-order valence-electron chi connectivity index (χ1n) is 10.5. The number of primary amides is 1. The first kappa shape index (κ1) is 22.0. The van der Waals surface area contributed by atoms with Gasteiger partial charge in [-0.05, 0) is 38.1 Å². The lowest BCUT2D eigenvalue weighted by Gasteiger charge is -2.19. The second kappa shape index (κ2) is 9.13. The van der Waals surface area contributed by atoms with Crippen molar-refractivity contribution < 1.29 is 19.4 Å². The number of aromatic nitrogens is 1. The SMILES string of the molecule is CC(C)OC(=O)Nc1cccc(C(O)Nc2c3ccccc3nc3c(C(N)=O)cccc23)c1. The van der Waals surface area contributed by atoms with Crippen LogP contribution < -0.4 is 16.4 Å². The van der Waals surface area contributed by atoms with Crippen LogP contribution in [0.5, 0.6) is 0 Å². The topological polar surface area (TPSA) is 127 Å². The third-order valence-corrected chi connectivity index (χ3v) is 5.05. The summed E-state index contributed by atoms with van der Waals surface area (Å²) in [4.78, 5) is 28.5. The number of hydrogen-bond acceptors (Lipinski definition) is 6. The summed E-state index contributed by atoms with van der Waals surface area (Å²) in [5.41, 5.74) is 8.58. The Morgan fingerprint density at radius 1 is 1.00 bits per heavy atom. The van der Waals surface area contributed by atoms with E-state index in [-0.39, 0.29) is 6.10 Å². The minimum atomic E-state index is -1.11. The van der Waals surface area contributed by atoms with Crippen molar-refractivity contribution in [1.82, 2.24) is 4.98 Å². The van der Waals surface area contributed by atoms with E-state index in [1.165, 1.54) is 0 Å². The van der Waals surface area contributed by atoms with Crippen LogP contribution in [-0.4, -0.2) is 28.2 Å². The van der Waals surface area contributed by atoms with E-state index in [0.29, 0.717) is 38.9 Å². The molecule has 5 N–H and O–H groups in total. The van der Waals surface area contributed by atoms with Crippen molar-refractivity contribution in [2.24, 2.45) is 5.73 Å². The Balaban J connectivity index is 1.73. The van der Waals surface area contributed by atoms with Gasteiger partial charge in [-0.25, -0.2) is 9.78 Å². The monoisotopic (exact) mass is 444 g/mol. The highest BCUT2D eigenvalue weighted by Crippen LogP contribution is 2.34. The molecule has 8 nitrogen and oxygen atoms in total. The van der Waals surface area contributed by atoms with Crippen LogP contribution in [0, 0.1) is 0 Å². The number of hydrogen-bond donors (Lipinski definition) is 4. The maximum Gasteiger partial charge on any atom is 0.411 e. The predicted molar refractivity (Wildman–Crippen MR) is 128 cm³/mol. The molecule has 4 rings (SSSR count). The molecule has 0 aliphatic rings. The lowest BCUT2D eigenvalue weighted by atomic mass is 10.0. The van der Waals surface area contributed by atoms with Crippen molar-refractivity contribution in [3.63, 3.8) is 0 Å². The average Bonchev–Trinajstić information content (AvgIpc) is 2.78. The van der Waals surface area contributed by atoms with E-state index in [4.69, 9.17) is 10.5 Å². The molecular weight excluding hydrogens is 420 g/mol. The molecule has 0 saturated carbocycles. The van der Waals surface area contributed by atoms with E-state index < -0.39 is 18.2 Å². The number of nitrogens with zero attached hydrogens (tertiary/aromatic N) is 1. The molecule has 4 aromatic rings. The maximum atomic E-state index is 12.0. The summed E-state index contributed by atoms with van der Waals surface area (Å²) in [6, 6.07) is 19.4. The molecule has 1 aromatic heterocycles. The zero-order valence-electron chi connectivity index (χ0n) is 18.2. The summed E-state index contributed by atoms with van der Waals surface area (Å²) in [5.74, 6) is -0.582. The Kier molecular flexibility index (Phi) is 6.10. The molecule has 0 bridgehead atoms. The van der Waals surface area contributed by atoms with Crippen molar-refractivity contribution in [3.05, 3.63) is 77.9 Å². The fraction of sp³-hybridized carbons (Fsp3) is 0.160. The molecule has 8 heteroatoms. The summed E-state index contributed by atoms with van der Waals surface area (Å²) in [7, 11) is 0. The third kappa shape index (κ3) is 4.70. The molecular formula is C25H24N4O4. The van der Waals surface area contributed by atoms with Gasteiger partial charge < -0.3 is 20.9 Å². The minimum absolute atomic E-state index is 0.251. The molecule has 168 valence electrons. The van der Waals surface area contributed by atoms with Gasteiger partial charge >= 0.3 is 6.09 Å². The minimum Gasteiger partial charge on any atom is -0.447 e. The van der Waals surface area contributed by atoms with Crippen molar-refractivity contribution in [2.45, 2.75) is 26.2 Å². The number of ether oxygens (including phenoxy) is 1. The molecule has 0 aliphatic carbocycles. The van der Waals surface area contributed by atoms with Crippen LogP contribution in [0.25, 0.3) is 21.8 Å². The van der Waals surface area contributed by atoms with E-state index in [9.17, 15) is 14.7 Å². The number of pyridine rings is 1. The number of rotatable bonds is 6. The normalized spacial score (nSPS) is 12.0. The number of amides is 2. The van der Waals surface area contributed by atoms with Crippen LogP contribution in [-0.2, 0) is 4.74 Å². The number of para-hydroxylation sites is 2. The quantitative estimate of drug-likeness (QED) is 0.255. The number of aliphatic hydroxyl groups is 1. The summed E-state index contributed by atoms with van der Waals surface area (Å²) in [5, 5.41) is 18.2. The van der Waals surface area contributed by atoms with Crippen LogP contribution in [0.15, 0.2) is 66.7 Å². The third-order valence-electron chi connectivity index (χ3n) is 5.05. The zero-order chi connectivity index (χ0) is 23.5. The van der Waals surface area contributed by atoms with Gasteiger partial charge in [0.15, 0.2) is 6.23 Å². The van der Waals surface area contributed by atoms with Crippen molar-refractivity contribution in [2.75, 3.05) is 10.6 Å². The highest BCUT2D eigenvalue weighted by molar-refractivity contribution is 6.13. The Hall–Kier alpha value is -4.17. The number of aliphatic hydroxyl groups excluding tert-OH is 1. The number of nitrogens with one attached hydrogen (secondary N) is 2. The molecule has 0 saturated heterocycles. The van der Waals surface area contributed by atoms with E-state index in [1.54, 1.807) is 50.2 Å². The van der Waals surface area contributed by atoms with Crippen molar-refractivity contribution in [1.29, 1.82) is 0 Å². The lowest BCUT2D eigenvalue weighted by molar-refractivity contribution is 0.100. The van der Waals surface area contributed by atoms with E-state index >= 15 is 0 Å². The largest absolute Gasteiger partial charge is 0.447 e. The second-order valence-corrected chi connectivity index (χ2v) is 7.82. The highest BCUT2D eigenvalue weighted by atomic mass is 16.6. The fourth-order valence-electron chi connectivity index (χ4n) is 3.64. The van der Waals surface area contributed by atoms with Gasteiger partial charge in [0.1, 0.15) is 0 Å². The number of carbonyl (C=O) groups is 2. The van der Waals surface area contributed by atoms with Gasteiger partial charge in [0, 0.05) is 22.0 Å². The van der Waals surface area contributed by atoms with Gasteiger partial charge in [-0.3, -0.25) is 10.1 Å². The molecule has 1 heterocycles. The number of anilines is 2. The number of fused-ring (bicyclic) bond motifs is 2. The van der Waals surface area contributed by atoms with Gasteiger partial charge in [-0.2, -0.15) is 0 Å². The predicted octanol–water partition coefficient (Wildman–Crippen LogP) is 4.55. The molecule has 33 heavy (non-hydrogen) atoms. The molecule has 0 radical (unpaired) electrons. The number of benzene rings is 3. The first-order valence-corrected chi connectivity index (χ1v) is 10.5. The van der Waals surface area contributed by atoms with Gasteiger partial charge in [0.05, 0.1) is 28.4 Å². The van der Waals surface area contributed by atoms with Crippen LogP contribution in [0.4, 0.5) is 16.2 Å². The van der Waals surface area contributed by atoms with Gasteiger partial charge in [-0.15, -0.1) is 0 Å². The van der Waals surface area contributed by atoms with E-state index in [2.05, 4.69) is 15.6 Å². The molecule has 3 aromatic carbocycles. The zero-order valence-corrected chi connectivity index (χ0v) is 18.2. The Labute approximate surface area is 190 Å². The molecule has 0 aliphatic heterocycles. The van der Waals surface area contributed by atoms with Gasteiger partial charge in [0.25, 0.3) is 5.91 Å². The molecule has 1 atom stereocenters. The smallest absolute Gasteiger partial charge is 0.411 e. The average molecular weight is 444 g/mol. The first-order chi connectivity index (χ1) is 15.8. The molecule has 0 spiro atoms. The molecule has 0 fully saturated rings. The van der Waals surface area contributed by atoms with E-state index in [0.717, 1.165) is 5.39 Å². The standard InChI is InChI=1S/C25H24N4O4/c1-14(2)33-25(32)27-16-8-5-7-15(13-16)24(31)29-21-17-9-3-4-12-20(17)28-22-18(21)10-6-11-19(22)23(26)30/h3-14,24,31H,1-2H3,(H2,26,30)(H,27,32)(H,28,29). The number of carbonyl (C=O) groups excluding carboxylic acids is 2. The van der Waals surface area contributed by atoms with Crippen LogP contribution >= 0.6 is 0 Å². The molecule has 1 unspecified atom stereocenters. The molecule has 2 amide bonds. The second-order valence-electron chi connectivity index (χ2n) is 7.82. The summed E-state index contributed by atoms with van der Waals surface area (Å²) >= 11 is 0. The number of nitrogens with two attached hydrogens (primary N) is 1. The van der Waals surface area contributed by atoms with Gasteiger partial charge in [-0.1, -0.05) is 42.5 Å². The van der Waals surface area contributed by atoms with Gasteiger partial charge in [0.2, 0.25) is 0 Å². The summed E-state index contributed by atoms with van der Waals surface area (Å²) in [6.07, 6.45) is -1.94. The van der Waals surface area contributed by atoms with Crippen LogP contribution in [0.2, 0.25) is 0 Å².